The Morgan fingerprint density at radius 3 is 1.69 bits per heavy atom. The lowest BCUT2D eigenvalue weighted by Crippen LogP contribution is -2.41. The van der Waals surface area contributed by atoms with Gasteiger partial charge in [0.1, 0.15) is 18.2 Å². The Labute approximate surface area is 281 Å². The molecule has 8 rings (SSSR count). The molecule has 4 heterocycles. The second-order valence-electron chi connectivity index (χ2n) is 13.2. The van der Waals surface area contributed by atoms with E-state index in [2.05, 4.69) is 44.3 Å². The number of aromatic nitrogens is 4. The third kappa shape index (κ3) is 5.87. The number of amides is 4. The summed E-state index contributed by atoms with van der Waals surface area (Å²) in [7, 11) is 1.27. The predicted molar refractivity (Wildman–Crippen MR) is 175 cm³/mol. The molecule has 4 aromatic rings. The van der Waals surface area contributed by atoms with Gasteiger partial charge in [0.2, 0.25) is 5.91 Å². The summed E-state index contributed by atoms with van der Waals surface area (Å²) < 4.78 is 9.36. The fraction of sp³-hybridized carbons (Fsp3) is 0.371. The minimum absolute atomic E-state index is 0.107. The van der Waals surface area contributed by atoms with Gasteiger partial charge in [-0.3, -0.25) is 9.59 Å². The number of aromatic amines is 2. The van der Waals surface area contributed by atoms with Crippen LogP contribution in [0.4, 0.5) is 9.59 Å². The van der Waals surface area contributed by atoms with Gasteiger partial charge in [0.25, 0.3) is 5.91 Å². The van der Waals surface area contributed by atoms with Crippen LogP contribution >= 0.6 is 0 Å². The lowest BCUT2D eigenvalue weighted by Gasteiger charge is -2.26. The first-order chi connectivity index (χ1) is 23.8. The van der Waals surface area contributed by atoms with Crippen LogP contribution in [-0.2, 0) is 19.1 Å². The first kappa shape index (κ1) is 30.7. The fourth-order valence-corrected chi connectivity index (χ4v) is 7.61. The SMILES string of the molecule is COC(=O)NCC(=O)N1[C@@H]2C[C@H]2C[C@H]1c1nc(-c2ccc(-c3ccc(-c4c[nH]c([C@@H]5C[C@H]6C[C@H]6N5C(=O)COC(N)=O)n4)cc3)cc2)c[nH]1. The first-order valence-corrected chi connectivity index (χ1v) is 16.5. The molecule has 0 bridgehead atoms. The molecule has 4 fully saturated rings. The Bertz CT molecular complexity index is 1920. The Hall–Kier alpha value is -5.66. The molecule has 2 aliphatic carbocycles. The van der Waals surface area contributed by atoms with Gasteiger partial charge in [0.15, 0.2) is 6.61 Å². The highest BCUT2D eigenvalue weighted by Crippen LogP contribution is 2.54. The summed E-state index contributed by atoms with van der Waals surface area (Å²) in [5.41, 5.74) is 10.6. The largest absolute Gasteiger partial charge is 0.453 e. The van der Waals surface area contributed by atoms with Crippen molar-refractivity contribution in [3.05, 3.63) is 72.6 Å². The number of likely N-dealkylation sites (tertiary alicyclic amines) is 2. The van der Waals surface area contributed by atoms with Crippen molar-refractivity contribution in [1.29, 1.82) is 0 Å². The van der Waals surface area contributed by atoms with E-state index in [1.807, 2.05) is 41.6 Å². The number of methoxy groups -OCH3 is 1. The molecule has 49 heavy (non-hydrogen) atoms. The molecule has 4 aliphatic rings. The van der Waals surface area contributed by atoms with Crippen molar-refractivity contribution >= 4 is 24.0 Å². The molecule has 2 saturated heterocycles. The van der Waals surface area contributed by atoms with Gasteiger partial charge in [-0.15, -0.1) is 0 Å². The number of hydrogen-bond donors (Lipinski definition) is 4. The summed E-state index contributed by atoms with van der Waals surface area (Å²) in [5, 5.41) is 2.49. The number of hydrogen-bond acceptors (Lipinski definition) is 8. The summed E-state index contributed by atoms with van der Waals surface area (Å²) in [6.45, 7) is -0.473. The second-order valence-corrected chi connectivity index (χ2v) is 13.2. The molecule has 6 atom stereocenters. The topological polar surface area (TPSA) is 189 Å². The zero-order valence-electron chi connectivity index (χ0n) is 26.8. The Morgan fingerprint density at radius 1 is 0.755 bits per heavy atom. The Kier molecular flexibility index (Phi) is 7.57. The molecule has 2 saturated carbocycles. The van der Waals surface area contributed by atoms with Crippen LogP contribution in [0.3, 0.4) is 0 Å². The van der Waals surface area contributed by atoms with E-state index in [9.17, 15) is 19.2 Å². The first-order valence-electron chi connectivity index (χ1n) is 16.5. The predicted octanol–water partition coefficient (Wildman–Crippen LogP) is 3.91. The number of nitrogens with two attached hydrogens (primary N) is 1. The van der Waals surface area contributed by atoms with Crippen LogP contribution in [0.25, 0.3) is 33.6 Å². The second kappa shape index (κ2) is 12.1. The third-order valence-electron chi connectivity index (χ3n) is 10.2. The van der Waals surface area contributed by atoms with Crippen LogP contribution in [0.15, 0.2) is 60.9 Å². The number of fused-ring (bicyclic) bond motifs is 2. The Morgan fingerprint density at radius 2 is 1.22 bits per heavy atom. The van der Waals surface area contributed by atoms with E-state index in [1.54, 1.807) is 4.90 Å². The Balaban J connectivity index is 0.918. The van der Waals surface area contributed by atoms with E-state index in [4.69, 9.17) is 20.4 Å². The maximum atomic E-state index is 13.0. The highest BCUT2D eigenvalue weighted by molar-refractivity contribution is 5.84. The molecule has 2 aliphatic heterocycles. The number of nitrogens with zero attached hydrogens (tertiary/aromatic N) is 4. The van der Waals surface area contributed by atoms with Crippen molar-refractivity contribution < 1.29 is 28.7 Å². The highest BCUT2D eigenvalue weighted by atomic mass is 16.5. The zero-order chi connectivity index (χ0) is 33.8. The minimum atomic E-state index is -0.963. The van der Waals surface area contributed by atoms with Crippen molar-refractivity contribution in [2.75, 3.05) is 20.3 Å². The van der Waals surface area contributed by atoms with Crippen molar-refractivity contribution in [3.63, 3.8) is 0 Å². The fourth-order valence-electron chi connectivity index (χ4n) is 7.61. The summed E-state index contributed by atoms with van der Waals surface area (Å²) in [5.74, 6) is 1.98. The summed E-state index contributed by atoms with van der Waals surface area (Å²) >= 11 is 0. The number of carbonyl (C=O) groups excluding carboxylic acids is 4. The van der Waals surface area contributed by atoms with E-state index in [0.717, 1.165) is 71.0 Å². The number of nitrogens with one attached hydrogen (secondary N) is 3. The van der Waals surface area contributed by atoms with Gasteiger partial charge >= 0.3 is 12.2 Å². The molecule has 0 spiro atoms. The van der Waals surface area contributed by atoms with E-state index < -0.39 is 12.2 Å². The number of imidazole rings is 2. The molecule has 0 radical (unpaired) electrons. The summed E-state index contributed by atoms with van der Waals surface area (Å²) in [6, 6.07) is 16.4. The van der Waals surface area contributed by atoms with Gasteiger partial charge < -0.3 is 40.3 Å². The maximum Gasteiger partial charge on any atom is 0.407 e. The number of alkyl carbamates (subject to hydrolysis) is 1. The molecule has 2 aromatic heterocycles. The van der Waals surface area contributed by atoms with Gasteiger partial charge in [0.05, 0.1) is 30.6 Å². The van der Waals surface area contributed by atoms with Crippen LogP contribution in [0.2, 0.25) is 0 Å². The molecule has 14 heteroatoms. The minimum Gasteiger partial charge on any atom is -0.453 e. The number of primary amides is 1. The van der Waals surface area contributed by atoms with E-state index >= 15 is 0 Å². The van der Waals surface area contributed by atoms with Crippen LogP contribution < -0.4 is 11.1 Å². The number of carbonyl (C=O) groups is 4. The van der Waals surface area contributed by atoms with Gasteiger partial charge in [-0.1, -0.05) is 48.5 Å². The number of benzene rings is 2. The van der Waals surface area contributed by atoms with Crippen LogP contribution in [0.5, 0.6) is 0 Å². The highest BCUT2D eigenvalue weighted by Gasteiger charge is 2.56. The molecule has 2 aromatic carbocycles. The molecule has 252 valence electrons. The van der Waals surface area contributed by atoms with Crippen LogP contribution in [-0.4, -0.2) is 86.1 Å². The molecule has 5 N–H and O–H groups in total. The quantitative estimate of drug-likeness (QED) is 0.207. The number of ether oxygens (including phenoxy) is 2. The van der Waals surface area contributed by atoms with Gasteiger partial charge in [0, 0.05) is 35.6 Å². The molecular formula is C35H36N8O6. The van der Waals surface area contributed by atoms with Crippen molar-refractivity contribution in [1.82, 2.24) is 35.1 Å². The smallest absolute Gasteiger partial charge is 0.407 e. The normalized spacial score (nSPS) is 24.6. The van der Waals surface area contributed by atoms with Crippen molar-refractivity contribution in [2.45, 2.75) is 49.9 Å². The number of H-pyrrole nitrogens is 2. The average Bonchev–Trinajstić information content (AvgIpc) is 3.71. The van der Waals surface area contributed by atoms with Crippen molar-refractivity contribution in [2.24, 2.45) is 17.6 Å². The van der Waals surface area contributed by atoms with E-state index in [1.165, 1.54) is 7.11 Å². The van der Waals surface area contributed by atoms with Crippen molar-refractivity contribution in [3.8, 4) is 33.6 Å². The zero-order valence-corrected chi connectivity index (χ0v) is 26.8. The molecule has 0 unspecified atom stereocenters. The number of rotatable bonds is 9. The van der Waals surface area contributed by atoms with Crippen LogP contribution in [0.1, 0.15) is 49.4 Å². The third-order valence-corrected chi connectivity index (χ3v) is 10.2. The monoisotopic (exact) mass is 664 g/mol. The molecular weight excluding hydrogens is 628 g/mol. The van der Waals surface area contributed by atoms with Gasteiger partial charge in [-0.05, 0) is 48.6 Å². The number of piperidine rings is 2. The van der Waals surface area contributed by atoms with Gasteiger partial charge in [-0.2, -0.15) is 0 Å². The van der Waals surface area contributed by atoms with E-state index in [0.29, 0.717) is 11.8 Å². The maximum absolute atomic E-state index is 13.0. The summed E-state index contributed by atoms with van der Waals surface area (Å²) in [4.78, 5) is 68.1. The van der Waals surface area contributed by atoms with Gasteiger partial charge in [-0.25, -0.2) is 19.6 Å². The molecule has 14 nitrogen and oxygen atoms in total. The standard InChI is InChI=1S/C35H36N8O6/c1-48-35(47)39-16-30(44)42-26-10-22(26)12-28(42)32-37-14-24(40-32)20-6-2-18(3-7-20)19-4-8-21(9-5-19)25-15-38-33(41-25)29-13-23-11-27(23)43(29)31(45)17-49-34(36)46/h2-9,14-15,22-23,26-29H,10-13,16-17H2,1H3,(H2,36,46)(H,37,40)(H,38,41)(H,39,47)/t22-,23+,26+,27+,28-,29-/m0/s1. The lowest BCUT2D eigenvalue weighted by atomic mass is 10.0. The molecule has 4 amide bonds. The average molecular weight is 665 g/mol. The summed E-state index contributed by atoms with van der Waals surface area (Å²) in [6.07, 6.45) is 5.75. The lowest BCUT2D eigenvalue weighted by molar-refractivity contribution is -0.136. The van der Waals surface area contributed by atoms with E-state index in [-0.39, 0.29) is 49.1 Å². The van der Waals surface area contributed by atoms with Crippen LogP contribution in [0, 0.1) is 11.8 Å².